The summed E-state index contributed by atoms with van der Waals surface area (Å²) in [6.07, 6.45) is 2.99. The molecule has 6 heteroatoms. The van der Waals surface area contributed by atoms with Crippen LogP contribution in [0.25, 0.3) is 11.4 Å². The van der Waals surface area contributed by atoms with Gasteiger partial charge >= 0.3 is 0 Å². The summed E-state index contributed by atoms with van der Waals surface area (Å²) >= 11 is 3.31. The number of ether oxygens (including phenoxy) is 1. The fourth-order valence-corrected chi connectivity index (χ4v) is 1.91. The number of aromatic nitrogens is 3. The number of pyridine rings is 1. The molecule has 0 N–H and O–H groups in total. The van der Waals surface area contributed by atoms with Gasteiger partial charge in [0.25, 0.3) is 0 Å². The van der Waals surface area contributed by atoms with Gasteiger partial charge < -0.3 is 4.74 Å². The van der Waals surface area contributed by atoms with Crippen LogP contribution in [-0.2, 0) is 6.73 Å². The molecule has 0 unspecified atom stereocenters. The maximum Gasteiger partial charge on any atom is 0.229 e. The van der Waals surface area contributed by atoms with Gasteiger partial charge in [0.05, 0.1) is 6.20 Å². The second-order valence-electron chi connectivity index (χ2n) is 3.08. The maximum atomic E-state index is 13.6. The molecule has 15 heavy (non-hydrogen) atoms. The van der Waals surface area contributed by atoms with Crippen molar-refractivity contribution in [1.82, 2.24) is 14.5 Å². The second kappa shape index (κ2) is 3.03. The molecule has 2 aromatic rings. The van der Waals surface area contributed by atoms with E-state index in [1.54, 1.807) is 10.8 Å². The second-order valence-corrected chi connectivity index (χ2v) is 3.89. The van der Waals surface area contributed by atoms with Crippen molar-refractivity contribution in [2.45, 2.75) is 6.73 Å². The molecule has 76 valence electrons. The molecule has 0 spiro atoms. The lowest BCUT2D eigenvalue weighted by atomic mass is 10.2. The SMILES string of the molecule is Fc1ccnc2c1-c1ncc(Br)n1CO2. The first-order chi connectivity index (χ1) is 7.27. The number of halogens is 2. The van der Waals surface area contributed by atoms with Crippen molar-refractivity contribution in [2.75, 3.05) is 0 Å². The molecule has 4 nitrogen and oxygen atoms in total. The molecule has 0 aromatic carbocycles. The van der Waals surface area contributed by atoms with E-state index in [1.807, 2.05) is 0 Å². The first-order valence-electron chi connectivity index (χ1n) is 4.26. The summed E-state index contributed by atoms with van der Waals surface area (Å²) in [5, 5.41) is 0. The molecule has 0 saturated carbocycles. The topological polar surface area (TPSA) is 39.9 Å². The Hall–Kier alpha value is -1.43. The number of hydrogen-bond donors (Lipinski definition) is 0. The molecule has 0 radical (unpaired) electrons. The van der Waals surface area contributed by atoms with Gasteiger partial charge in [-0.05, 0) is 22.0 Å². The minimum absolute atomic E-state index is 0.291. The van der Waals surface area contributed by atoms with Crippen molar-refractivity contribution in [3.05, 3.63) is 28.9 Å². The Bertz CT molecular complexity index is 540. The normalized spacial score (nSPS) is 12.9. The van der Waals surface area contributed by atoms with E-state index >= 15 is 0 Å². The minimum atomic E-state index is -0.376. The number of rotatable bonds is 0. The van der Waals surface area contributed by atoms with Gasteiger partial charge in [0, 0.05) is 6.20 Å². The van der Waals surface area contributed by atoms with Gasteiger partial charge in [0.1, 0.15) is 16.0 Å². The van der Waals surface area contributed by atoms with E-state index in [4.69, 9.17) is 4.74 Å². The predicted molar refractivity (Wildman–Crippen MR) is 53.7 cm³/mol. The lowest BCUT2D eigenvalue weighted by Gasteiger charge is -2.18. The Morgan fingerprint density at radius 2 is 2.33 bits per heavy atom. The predicted octanol–water partition coefficient (Wildman–Crippen LogP) is 2.20. The van der Waals surface area contributed by atoms with Crippen molar-refractivity contribution in [3.8, 4) is 17.3 Å². The molecular formula is C9H5BrFN3O. The summed E-state index contributed by atoms with van der Waals surface area (Å²) in [7, 11) is 0. The van der Waals surface area contributed by atoms with Crippen molar-refractivity contribution < 1.29 is 9.13 Å². The minimum Gasteiger partial charge on any atom is -0.455 e. The molecular weight excluding hydrogens is 265 g/mol. The molecule has 1 aliphatic rings. The Labute approximate surface area is 92.9 Å². The van der Waals surface area contributed by atoms with Crippen LogP contribution in [0.4, 0.5) is 4.39 Å². The average Bonchev–Trinajstić information content (AvgIpc) is 2.61. The summed E-state index contributed by atoms with van der Waals surface area (Å²) in [6.45, 7) is 0.291. The van der Waals surface area contributed by atoms with E-state index in [9.17, 15) is 4.39 Å². The van der Waals surface area contributed by atoms with E-state index in [1.165, 1.54) is 12.3 Å². The van der Waals surface area contributed by atoms with E-state index in [0.29, 0.717) is 24.0 Å². The first-order valence-corrected chi connectivity index (χ1v) is 5.05. The number of imidazole rings is 1. The van der Waals surface area contributed by atoms with Gasteiger partial charge in [-0.2, -0.15) is 0 Å². The quantitative estimate of drug-likeness (QED) is 0.736. The summed E-state index contributed by atoms with van der Waals surface area (Å²) in [5.74, 6) is 0.452. The maximum absolute atomic E-state index is 13.6. The zero-order chi connectivity index (χ0) is 10.4. The number of hydrogen-bond acceptors (Lipinski definition) is 3. The third kappa shape index (κ3) is 1.18. The van der Waals surface area contributed by atoms with E-state index in [0.717, 1.165) is 4.60 Å². The fraction of sp³-hybridized carbons (Fsp3) is 0.111. The highest BCUT2D eigenvalue weighted by Gasteiger charge is 2.24. The zero-order valence-electron chi connectivity index (χ0n) is 7.44. The molecule has 3 heterocycles. The molecule has 3 rings (SSSR count). The molecule has 0 atom stereocenters. The molecule has 0 saturated heterocycles. The van der Waals surface area contributed by atoms with Crippen LogP contribution in [0.3, 0.4) is 0 Å². The Balaban J connectivity index is 2.33. The van der Waals surface area contributed by atoms with Crippen molar-refractivity contribution in [3.63, 3.8) is 0 Å². The van der Waals surface area contributed by atoms with Crippen LogP contribution in [0.15, 0.2) is 23.1 Å². The van der Waals surface area contributed by atoms with Crippen molar-refractivity contribution in [1.29, 1.82) is 0 Å². The Kier molecular flexibility index (Phi) is 1.79. The lowest BCUT2D eigenvalue weighted by molar-refractivity contribution is 0.216. The van der Waals surface area contributed by atoms with Crippen molar-refractivity contribution in [2.24, 2.45) is 0 Å². The van der Waals surface area contributed by atoms with Crippen molar-refractivity contribution >= 4 is 15.9 Å². The molecule has 2 aromatic heterocycles. The van der Waals surface area contributed by atoms with Gasteiger partial charge in [-0.25, -0.2) is 14.4 Å². The summed E-state index contributed by atoms with van der Waals surface area (Å²) in [6, 6.07) is 1.29. The lowest BCUT2D eigenvalue weighted by Crippen LogP contribution is -2.15. The molecule has 0 amide bonds. The van der Waals surface area contributed by atoms with Gasteiger partial charge in [0.2, 0.25) is 5.88 Å². The van der Waals surface area contributed by atoms with Gasteiger partial charge in [-0.3, -0.25) is 4.57 Å². The van der Waals surface area contributed by atoms with Gasteiger partial charge in [-0.1, -0.05) is 0 Å². The zero-order valence-corrected chi connectivity index (χ0v) is 9.03. The number of nitrogens with zero attached hydrogens (tertiary/aromatic N) is 3. The van der Waals surface area contributed by atoms with Gasteiger partial charge in [-0.15, -0.1) is 0 Å². The monoisotopic (exact) mass is 269 g/mol. The van der Waals surface area contributed by atoms with Crippen LogP contribution in [-0.4, -0.2) is 14.5 Å². The van der Waals surface area contributed by atoms with Crippen LogP contribution in [0.1, 0.15) is 0 Å². The smallest absolute Gasteiger partial charge is 0.229 e. The highest BCUT2D eigenvalue weighted by molar-refractivity contribution is 9.10. The van der Waals surface area contributed by atoms with Crippen LogP contribution < -0.4 is 4.74 Å². The molecule has 0 bridgehead atoms. The first kappa shape index (κ1) is 8.84. The molecule has 0 aliphatic carbocycles. The van der Waals surface area contributed by atoms with E-state index in [-0.39, 0.29) is 5.82 Å². The third-order valence-electron chi connectivity index (χ3n) is 2.23. The Morgan fingerprint density at radius 1 is 1.47 bits per heavy atom. The highest BCUT2D eigenvalue weighted by Crippen LogP contribution is 2.35. The fourth-order valence-electron chi connectivity index (χ4n) is 1.54. The molecule has 0 fully saturated rings. The van der Waals surface area contributed by atoms with Crippen LogP contribution in [0, 0.1) is 5.82 Å². The van der Waals surface area contributed by atoms with Gasteiger partial charge in [0.15, 0.2) is 12.6 Å². The molecule has 1 aliphatic heterocycles. The standard InChI is InChI=1S/C9H5BrFN3O/c10-6-3-13-8-7-5(11)1-2-12-9(7)15-4-14(6)8/h1-3H,4H2. The van der Waals surface area contributed by atoms with Crippen LogP contribution in [0.2, 0.25) is 0 Å². The highest BCUT2D eigenvalue weighted by atomic mass is 79.9. The number of fused-ring (bicyclic) bond motifs is 3. The van der Waals surface area contributed by atoms with E-state index < -0.39 is 0 Å². The summed E-state index contributed by atoms with van der Waals surface area (Å²) in [4.78, 5) is 8.07. The summed E-state index contributed by atoms with van der Waals surface area (Å²) < 4.78 is 21.4. The third-order valence-corrected chi connectivity index (χ3v) is 2.86. The average molecular weight is 270 g/mol. The Morgan fingerprint density at radius 3 is 3.20 bits per heavy atom. The van der Waals surface area contributed by atoms with E-state index in [2.05, 4.69) is 25.9 Å². The van der Waals surface area contributed by atoms with Crippen LogP contribution in [0.5, 0.6) is 5.88 Å². The largest absolute Gasteiger partial charge is 0.455 e. The summed E-state index contributed by atoms with van der Waals surface area (Å²) in [5.41, 5.74) is 0.314. The van der Waals surface area contributed by atoms with Crippen LogP contribution >= 0.6 is 15.9 Å².